The summed E-state index contributed by atoms with van der Waals surface area (Å²) in [6.07, 6.45) is 2.64. The molecule has 0 fully saturated rings. The zero-order valence-corrected chi connectivity index (χ0v) is 26.2. The van der Waals surface area contributed by atoms with E-state index in [1.165, 1.54) is 4.31 Å². The first-order chi connectivity index (χ1) is 19.6. The largest absolute Gasteiger partial charge is 0.497 e. The van der Waals surface area contributed by atoms with Gasteiger partial charge in [0.15, 0.2) is 0 Å². The van der Waals surface area contributed by atoms with Crippen LogP contribution < -0.4 is 14.4 Å². The van der Waals surface area contributed by atoms with E-state index in [0.29, 0.717) is 24.4 Å². The number of hydrogen-bond donors (Lipinski definition) is 1. The van der Waals surface area contributed by atoms with Gasteiger partial charge in [-0.3, -0.25) is 13.9 Å². The summed E-state index contributed by atoms with van der Waals surface area (Å²) in [7, 11) is -2.05. The third-order valence-corrected chi connectivity index (χ3v) is 8.32. The molecule has 220 valence electrons. The summed E-state index contributed by atoms with van der Waals surface area (Å²) in [5.41, 5.74) is 2.33. The number of anilines is 1. The summed E-state index contributed by atoms with van der Waals surface area (Å²) in [5.74, 6) is 0.188. The monoisotopic (exact) mass is 643 g/mol. The Morgan fingerprint density at radius 3 is 2.20 bits per heavy atom. The van der Waals surface area contributed by atoms with Gasteiger partial charge >= 0.3 is 0 Å². The van der Waals surface area contributed by atoms with Crippen LogP contribution in [0.25, 0.3) is 0 Å². The molecule has 0 unspecified atom stereocenters. The number of carbonyl (C=O) groups excluding carboxylic acids is 2. The number of rotatable bonds is 15. The fourth-order valence-electron chi connectivity index (χ4n) is 4.46. The molecule has 3 aromatic carbocycles. The second kappa shape index (κ2) is 15.6. The minimum absolute atomic E-state index is 0.0745. The van der Waals surface area contributed by atoms with Gasteiger partial charge in [-0.2, -0.15) is 0 Å². The number of nitrogens with zero attached hydrogens (tertiary/aromatic N) is 2. The molecule has 0 aromatic heterocycles. The number of sulfonamides is 1. The summed E-state index contributed by atoms with van der Waals surface area (Å²) in [6, 6.07) is 23.3. The first kappa shape index (κ1) is 32.1. The highest BCUT2D eigenvalue weighted by molar-refractivity contribution is 9.10. The lowest BCUT2D eigenvalue weighted by Gasteiger charge is -2.32. The lowest BCUT2D eigenvalue weighted by Crippen LogP contribution is -2.50. The van der Waals surface area contributed by atoms with Gasteiger partial charge in [-0.05, 0) is 60.4 Å². The van der Waals surface area contributed by atoms with Crippen molar-refractivity contribution in [1.82, 2.24) is 10.2 Å². The summed E-state index contributed by atoms with van der Waals surface area (Å²) >= 11 is 3.45. The van der Waals surface area contributed by atoms with Crippen molar-refractivity contribution in [1.29, 1.82) is 0 Å². The highest BCUT2D eigenvalue weighted by Gasteiger charge is 2.30. The van der Waals surface area contributed by atoms with Crippen molar-refractivity contribution in [2.24, 2.45) is 0 Å². The average molecular weight is 645 g/mol. The van der Waals surface area contributed by atoms with Crippen molar-refractivity contribution >= 4 is 43.5 Å². The van der Waals surface area contributed by atoms with E-state index in [1.54, 1.807) is 36.3 Å². The Morgan fingerprint density at radius 2 is 1.61 bits per heavy atom. The van der Waals surface area contributed by atoms with Gasteiger partial charge < -0.3 is 15.0 Å². The number of ether oxygens (including phenoxy) is 1. The molecule has 0 aliphatic heterocycles. The molecule has 0 radical (unpaired) electrons. The van der Waals surface area contributed by atoms with E-state index in [2.05, 4.69) is 21.2 Å². The van der Waals surface area contributed by atoms with Crippen LogP contribution in [0.2, 0.25) is 0 Å². The molecule has 10 heteroatoms. The van der Waals surface area contributed by atoms with Gasteiger partial charge in [0.25, 0.3) is 0 Å². The number of methoxy groups -OCH3 is 1. The van der Waals surface area contributed by atoms with Crippen LogP contribution in [0.5, 0.6) is 5.75 Å². The van der Waals surface area contributed by atoms with E-state index in [0.717, 1.165) is 28.3 Å². The van der Waals surface area contributed by atoms with E-state index in [1.807, 2.05) is 61.5 Å². The summed E-state index contributed by atoms with van der Waals surface area (Å²) in [4.78, 5) is 28.9. The number of hydrogen-bond acceptors (Lipinski definition) is 5. The molecule has 0 bridgehead atoms. The topological polar surface area (TPSA) is 96.0 Å². The van der Waals surface area contributed by atoms with Gasteiger partial charge in [-0.25, -0.2) is 8.42 Å². The maximum atomic E-state index is 13.8. The first-order valence-electron chi connectivity index (χ1n) is 13.6. The average Bonchev–Trinajstić information content (AvgIpc) is 2.96. The van der Waals surface area contributed by atoms with E-state index in [9.17, 15) is 18.0 Å². The van der Waals surface area contributed by atoms with Crippen LogP contribution in [0.4, 0.5) is 5.69 Å². The Morgan fingerprint density at radius 1 is 0.951 bits per heavy atom. The lowest BCUT2D eigenvalue weighted by molar-refractivity contribution is -0.141. The normalized spacial score (nSPS) is 11.9. The molecule has 41 heavy (non-hydrogen) atoms. The maximum absolute atomic E-state index is 13.8. The fraction of sp³-hybridized carbons (Fsp3) is 0.355. The molecular formula is C31H38BrN3O5S. The second-order valence-corrected chi connectivity index (χ2v) is 12.6. The van der Waals surface area contributed by atoms with Crippen LogP contribution in [-0.2, 0) is 32.6 Å². The minimum Gasteiger partial charge on any atom is -0.497 e. The smallest absolute Gasteiger partial charge is 0.243 e. The third-order valence-electron chi connectivity index (χ3n) is 6.60. The number of carbonyl (C=O) groups is 2. The van der Waals surface area contributed by atoms with Crippen LogP contribution >= 0.6 is 15.9 Å². The van der Waals surface area contributed by atoms with Gasteiger partial charge in [0.1, 0.15) is 11.8 Å². The lowest BCUT2D eigenvalue weighted by atomic mass is 10.0. The molecule has 3 aromatic rings. The fourth-order valence-corrected chi connectivity index (χ4v) is 5.69. The first-order valence-corrected chi connectivity index (χ1v) is 16.2. The number of halogens is 1. The summed E-state index contributed by atoms with van der Waals surface area (Å²) in [5, 5.41) is 2.97. The van der Waals surface area contributed by atoms with Crippen LogP contribution in [0.15, 0.2) is 83.3 Å². The minimum atomic E-state index is -3.59. The number of benzene rings is 3. The van der Waals surface area contributed by atoms with Crippen molar-refractivity contribution in [3.05, 3.63) is 94.5 Å². The van der Waals surface area contributed by atoms with Crippen molar-refractivity contribution in [2.45, 2.75) is 45.2 Å². The summed E-state index contributed by atoms with van der Waals surface area (Å²) < 4.78 is 32.6. The molecule has 8 nitrogen and oxygen atoms in total. The third kappa shape index (κ3) is 9.89. The molecule has 0 saturated carbocycles. The predicted octanol–water partition coefficient (Wildman–Crippen LogP) is 5.17. The molecule has 0 aliphatic carbocycles. The van der Waals surface area contributed by atoms with Crippen molar-refractivity contribution < 1.29 is 22.7 Å². The molecule has 3 rings (SSSR count). The van der Waals surface area contributed by atoms with Gasteiger partial charge in [0, 0.05) is 36.9 Å². The van der Waals surface area contributed by atoms with Crippen molar-refractivity contribution in [3.8, 4) is 5.75 Å². The van der Waals surface area contributed by atoms with E-state index >= 15 is 0 Å². The molecule has 1 atom stereocenters. The maximum Gasteiger partial charge on any atom is 0.243 e. The molecule has 1 N–H and O–H groups in total. The Balaban J connectivity index is 1.85. The molecule has 0 aliphatic rings. The highest BCUT2D eigenvalue weighted by Crippen LogP contribution is 2.23. The van der Waals surface area contributed by atoms with Crippen molar-refractivity contribution in [2.75, 3.05) is 30.8 Å². The van der Waals surface area contributed by atoms with Gasteiger partial charge in [0.05, 0.1) is 19.1 Å². The van der Waals surface area contributed by atoms with Gasteiger partial charge in [0.2, 0.25) is 21.8 Å². The summed E-state index contributed by atoms with van der Waals surface area (Å²) in [6.45, 7) is 2.86. The Labute approximate surface area is 251 Å². The molecular weight excluding hydrogens is 606 g/mol. The van der Waals surface area contributed by atoms with E-state index in [-0.39, 0.29) is 37.7 Å². The Hall–Kier alpha value is -3.37. The number of amides is 2. The molecule has 0 saturated heterocycles. The second-order valence-electron chi connectivity index (χ2n) is 9.78. The SMILES string of the molecule is CCCNC(=O)[C@@H](Cc1ccccc1)N(Cc1ccc(Br)cc1)C(=O)CCCN(c1ccc(OC)cc1)S(C)(=O)=O. The Bertz CT molecular complexity index is 1370. The van der Waals surface area contributed by atoms with Crippen LogP contribution in [0.3, 0.4) is 0 Å². The molecule has 2 amide bonds. The van der Waals surface area contributed by atoms with Gasteiger partial charge in [-0.15, -0.1) is 0 Å². The zero-order valence-electron chi connectivity index (χ0n) is 23.8. The zero-order chi connectivity index (χ0) is 29.8. The predicted molar refractivity (Wildman–Crippen MR) is 166 cm³/mol. The Kier molecular flexibility index (Phi) is 12.2. The quantitative estimate of drug-likeness (QED) is 0.247. The van der Waals surface area contributed by atoms with Crippen molar-refractivity contribution in [3.63, 3.8) is 0 Å². The van der Waals surface area contributed by atoms with Gasteiger partial charge in [-0.1, -0.05) is 65.3 Å². The van der Waals surface area contributed by atoms with Crippen LogP contribution in [-0.4, -0.2) is 57.6 Å². The van der Waals surface area contributed by atoms with E-state index in [4.69, 9.17) is 4.74 Å². The number of nitrogens with one attached hydrogen (secondary N) is 1. The molecule has 0 spiro atoms. The standard InChI is InChI=1S/C31H38BrN3O5S/c1-4-20-33-31(37)29(22-24-9-6-5-7-10-24)34(23-25-12-14-26(32)15-13-25)30(36)11-8-21-35(41(3,38)39)27-16-18-28(40-2)19-17-27/h5-7,9-10,12-19,29H,4,8,11,20-23H2,1-3H3,(H,33,37)/t29-/m1/s1. The highest BCUT2D eigenvalue weighted by atomic mass is 79.9. The molecule has 0 heterocycles. The van der Waals surface area contributed by atoms with Crippen LogP contribution in [0, 0.1) is 0 Å². The van der Waals surface area contributed by atoms with E-state index < -0.39 is 16.1 Å². The van der Waals surface area contributed by atoms with Crippen LogP contribution in [0.1, 0.15) is 37.3 Å².